The minimum Gasteiger partial charge on any atom is -0.322 e. The molecule has 3 nitrogen and oxygen atoms in total. The molecular formula is C14H15ClN2OS. The van der Waals surface area contributed by atoms with Crippen LogP contribution in [-0.2, 0) is 6.54 Å². The van der Waals surface area contributed by atoms with Gasteiger partial charge in [0.25, 0.3) is 0 Å². The summed E-state index contributed by atoms with van der Waals surface area (Å²) in [6.45, 7) is 2.56. The van der Waals surface area contributed by atoms with Crippen LogP contribution in [0.15, 0.2) is 36.4 Å². The maximum atomic E-state index is 12.0. The number of nitrogens with zero attached hydrogens (tertiary/aromatic N) is 1. The number of urea groups is 1. The molecule has 100 valence electrons. The van der Waals surface area contributed by atoms with Crippen LogP contribution >= 0.6 is 22.9 Å². The van der Waals surface area contributed by atoms with Crippen molar-refractivity contribution in [2.24, 2.45) is 0 Å². The van der Waals surface area contributed by atoms with E-state index in [0.717, 1.165) is 14.9 Å². The number of anilines is 1. The van der Waals surface area contributed by atoms with Crippen LogP contribution in [0, 0.1) is 6.92 Å². The smallest absolute Gasteiger partial charge is 0.321 e. The monoisotopic (exact) mass is 294 g/mol. The fourth-order valence-electron chi connectivity index (χ4n) is 1.60. The first kappa shape index (κ1) is 13.9. The molecule has 2 rings (SSSR count). The Labute approximate surface area is 121 Å². The van der Waals surface area contributed by atoms with Crippen LogP contribution in [0.25, 0.3) is 0 Å². The Morgan fingerprint density at radius 2 is 1.95 bits per heavy atom. The first-order valence-electron chi connectivity index (χ1n) is 5.87. The van der Waals surface area contributed by atoms with Crippen LogP contribution in [0.3, 0.4) is 0 Å². The van der Waals surface area contributed by atoms with Gasteiger partial charge in [-0.25, -0.2) is 4.79 Å². The van der Waals surface area contributed by atoms with Crippen LogP contribution in [-0.4, -0.2) is 18.0 Å². The summed E-state index contributed by atoms with van der Waals surface area (Å²) < 4.78 is 0.738. The van der Waals surface area contributed by atoms with Gasteiger partial charge in [-0.3, -0.25) is 0 Å². The topological polar surface area (TPSA) is 32.3 Å². The molecule has 0 atom stereocenters. The lowest BCUT2D eigenvalue weighted by Crippen LogP contribution is -2.30. The highest BCUT2D eigenvalue weighted by molar-refractivity contribution is 7.16. The van der Waals surface area contributed by atoms with Crippen molar-refractivity contribution in [3.63, 3.8) is 0 Å². The predicted octanol–water partition coefficient (Wildman–Crippen LogP) is 4.37. The highest BCUT2D eigenvalue weighted by Crippen LogP contribution is 2.22. The predicted molar refractivity (Wildman–Crippen MR) is 81.0 cm³/mol. The molecule has 0 aliphatic rings. The Bertz CT molecular complexity index is 565. The Balaban J connectivity index is 1.94. The average Bonchev–Trinajstić information content (AvgIpc) is 2.77. The van der Waals surface area contributed by atoms with Gasteiger partial charge >= 0.3 is 6.03 Å². The number of rotatable bonds is 3. The average molecular weight is 295 g/mol. The van der Waals surface area contributed by atoms with E-state index in [9.17, 15) is 4.79 Å². The summed E-state index contributed by atoms with van der Waals surface area (Å²) in [6.07, 6.45) is 0. The van der Waals surface area contributed by atoms with Crippen molar-refractivity contribution in [2.45, 2.75) is 13.5 Å². The van der Waals surface area contributed by atoms with E-state index in [4.69, 9.17) is 11.6 Å². The molecule has 0 fully saturated rings. The van der Waals surface area contributed by atoms with Gasteiger partial charge in [0.15, 0.2) is 0 Å². The second-order valence-electron chi connectivity index (χ2n) is 4.36. The van der Waals surface area contributed by atoms with E-state index in [0.29, 0.717) is 6.54 Å². The van der Waals surface area contributed by atoms with Crippen molar-refractivity contribution in [3.05, 3.63) is 51.2 Å². The van der Waals surface area contributed by atoms with E-state index < -0.39 is 0 Å². The molecule has 0 bridgehead atoms. The van der Waals surface area contributed by atoms with Crippen LogP contribution in [0.5, 0.6) is 0 Å². The van der Waals surface area contributed by atoms with Gasteiger partial charge in [-0.05, 0) is 31.2 Å². The van der Waals surface area contributed by atoms with Gasteiger partial charge < -0.3 is 10.2 Å². The summed E-state index contributed by atoms with van der Waals surface area (Å²) in [7, 11) is 1.76. The van der Waals surface area contributed by atoms with Gasteiger partial charge in [-0.15, -0.1) is 11.3 Å². The normalized spacial score (nSPS) is 10.3. The summed E-state index contributed by atoms with van der Waals surface area (Å²) in [5, 5.41) is 2.85. The third-order valence-electron chi connectivity index (χ3n) is 2.67. The zero-order chi connectivity index (χ0) is 13.8. The summed E-state index contributed by atoms with van der Waals surface area (Å²) in [6, 6.07) is 11.4. The zero-order valence-corrected chi connectivity index (χ0v) is 12.4. The highest BCUT2D eigenvalue weighted by Gasteiger charge is 2.10. The summed E-state index contributed by atoms with van der Waals surface area (Å²) >= 11 is 7.35. The highest BCUT2D eigenvalue weighted by atomic mass is 35.5. The number of benzene rings is 1. The standard InChI is InChI=1S/C14H15ClN2OS/c1-10-3-5-11(6-4-10)16-14(18)17(2)9-12-7-8-13(15)19-12/h3-8H,9H2,1-2H3,(H,16,18). The molecule has 2 amide bonds. The van der Waals surface area contributed by atoms with Gasteiger partial charge in [-0.1, -0.05) is 29.3 Å². The molecular weight excluding hydrogens is 280 g/mol. The number of hydrogen-bond donors (Lipinski definition) is 1. The van der Waals surface area contributed by atoms with Gasteiger partial charge in [-0.2, -0.15) is 0 Å². The van der Waals surface area contributed by atoms with Gasteiger partial charge in [0.1, 0.15) is 0 Å². The molecule has 1 aromatic heterocycles. The van der Waals surface area contributed by atoms with Crippen LogP contribution in [0.1, 0.15) is 10.4 Å². The van der Waals surface area contributed by atoms with E-state index in [2.05, 4.69) is 5.32 Å². The third kappa shape index (κ3) is 3.98. The number of nitrogens with one attached hydrogen (secondary N) is 1. The molecule has 1 heterocycles. The van der Waals surface area contributed by atoms with E-state index in [1.54, 1.807) is 11.9 Å². The maximum Gasteiger partial charge on any atom is 0.321 e. The lowest BCUT2D eigenvalue weighted by atomic mass is 10.2. The largest absolute Gasteiger partial charge is 0.322 e. The molecule has 0 unspecified atom stereocenters. The number of amides is 2. The third-order valence-corrected chi connectivity index (χ3v) is 3.89. The molecule has 0 saturated heterocycles. The molecule has 1 N–H and O–H groups in total. The Hall–Kier alpha value is -1.52. The Morgan fingerprint density at radius 3 is 2.53 bits per heavy atom. The van der Waals surface area contributed by atoms with Crippen LogP contribution in [0.2, 0.25) is 4.34 Å². The number of aryl methyl sites for hydroxylation is 1. The molecule has 0 spiro atoms. The number of halogens is 1. The van der Waals surface area contributed by atoms with Gasteiger partial charge in [0.2, 0.25) is 0 Å². The fraction of sp³-hybridized carbons (Fsp3) is 0.214. The first-order chi connectivity index (χ1) is 9.04. The second kappa shape index (κ2) is 6.08. The van der Waals surface area contributed by atoms with Crippen LogP contribution in [0.4, 0.5) is 10.5 Å². The van der Waals surface area contributed by atoms with E-state index in [1.807, 2.05) is 43.3 Å². The van der Waals surface area contributed by atoms with Gasteiger partial charge in [0.05, 0.1) is 10.9 Å². The number of hydrogen-bond acceptors (Lipinski definition) is 2. The van der Waals surface area contributed by atoms with Crippen molar-refractivity contribution in [2.75, 3.05) is 12.4 Å². The minimum atomic E-state index is -0.131. The van der Waals surface area contributed by atoms with E-state index >= 15 is 0 Å². The minimum absolute atomic E-state index is 0.131. The summed E-state index contributed by atoms with van der Waals surface area (Å²) in [5.41, 5.74) is 1.96. The quantitative estimate of drug-likeness (QED) is 0.895. The van der Waals surface area contributed by atoms with Gasteiger partial charge in [0, 0.05) is 17.6 Å². The Kier molecular flexibility index (Phi) is 4.45. The SMILES string of the molecule is Cc1ccc(NC(=O)N(C)Cc2ccc(Cl)s2)cc1. The fourth-order valence-corrected chi connectivity index (χ4v) is 2.74. The first-order valence-corrected chi connectivity index (χ1v) is 7.07. The number of carbonyl (C=O) groups is 1. The van der Waals surface area contributed by atoms with Crippen molar-refractivity contribution in [1.29, 1.82) is 0 Å². The van der Waals surface area contributed by atoms with E-state index in [1.165, 1.54) is 16.9 Å². The lowest BCUT2D eigenvalue weighted by Gasteiger charge is -2.17. The number of thiophene rings is 1. The summed E-state index contributed by atoms with van der Waals surface area (Å²) in [5.74, 6) is 0. The van der Waals surface area contributed by atoms with Crippen molar-refractivity contribution in [3.8, 4) is 0 Å². The molecule has 1 aromatic carbocycles. The molecule has 19 heavy (non-hydrogen) atoms. The molecule has 0 radical (unpaired) electrons. The molecule has 0 aliphatic carbocycles. The zero-order valence-electron chi connectivity index (χ0n) is 10.8. The lowest BCUT2D eigenvalue weighted by molar-refractivity contribution is 0.221. The van der Waals surface area contributed by atoms with Crippen molar-refractivity contribution < 1.29 is 4.79 Å². The van der Waals surface area contributed by atoms with Crippen LogP contribution < -0.4 is 5.32 Å². The molecule has 0 saturated carbocycles. The summed E-state index contributed by atoms with van der Waals surface area (Å²) in [4.78, 5) is 14.7. The second-order valence-corrected chi connectivity index (χ2v) is 6.16. The number of carbonyl (C=O) groups excluding carboxylic acids is 1. The Morgan fingerprint density at radius 1 is 1.26 bits per heavy atom. The molecule has 5 heteroatoms. The van der Waals surface area contributed by atoms with Crippen molar-refractivity contribution >= 4 is 34.7 Å². The molecule has 0 aliphatic heterocycles. The van der Waals surface area contributed by atoms with E-state index in [-0.39, 0.29) is 6.03 Å². The van der Waals surface area contributed by atoms with Crippen molar-refractivity contribution in [1.82, 2.24) is 4.90 Å². The maximum absolute atomic E-state index is 12.0. The molecule has 2 aromatic rings.